The van der Waals surface area contributed by atoms with Crippen molar-refractivity contribution in [1.29, 1.82) is 0 Å². The van der Waals surface area contributed by atoms with Crippen LogP contribution < -0.4 is 10.6 Å². The Morgan fingerprint density at radius 3 is 2.45 bits per heavy atom. The second-order valence-corrected chi connectivity index (χ2v) is 9.29. The summed E-state index contributed by atoms with van der Waals surface area (Å²) >= 11 is 0. The van der Waals surface area contributed by atoms with E-state index in [1.807, 2.05) is 7.05 Å². The van der Waals surface area contributed by atoms with Gasteiger partial charge < -0.3 is 24.8 Å². The van der Waals surface area contributed by atoms with Crippen LogP contribution in [0.15, 0.2) is 4.99 Å². The Morgan fingerprint density at radius 1 is 1.03 bits per heavy atom. The van der Waals surface area contributed by atoms with Crippen molar-refractivity contribution in [3.05, 3.63) is 0 Å². The fraction of sp³-hybridized carbons (Fsp3) is 0.957. The number of nitrogens with zero attached hydrogens (tertiary/aromatic N) is 2. The van der Waals surface area contributed by atoms with Crippen LogP contribution in [0.5, 0.6) is 0 Å². The van der Waals surface area contributed by atoms with Gasteiger partial charge in [-0.05, 0) is 38.0 Å². The predicted octanol–water partition coefficient (Wildman–Crippen LogP) is 2.89. The molecule has 2 saturated heterocycles. The Labute approximate surface area is 206 Å². The van der Waals surface area contributed by atoms with Gasteiger partial charge in [0.05, 0.1) is 13.2 Å². The predicted molar refractivity (Wildman–Crippen MR) is 137 cm³/mol. The standard InChI is InChI=1S/C23H44N4O3.HI/c1-24-22(25-10-5-13-30-18-21-6-14-28-15-7-21)26-19-23(8-3-2-4-9-23)20-27-11-16-29-17-12-27;/h21H,2-20H2,1H3,(H2,24,25,26);1H. The lowest BCUT2D eigenvalue weighted by atomic mass is 9.73. The van der Waals surface area contributed by atoms with Gasteiger partial charge in [-0.3, -0.25) is 9.89 Å². The fourth-order valence-electron chi connectivity index (χ4n) is 4.96. The fourth-order valence-corrected chi connectivity index (χ4v) is 4.96. The molecule has 0 bridgehead atoms. The molecule has 0 amide bonds. The number of guanidine groups is 1. The van der Waals surface area contributed by atoms with Gasteiger partial charge in [-0.1, -0.05) is 19.3 Å². The third-order valence-electron chi connectivity index (χ3n) is 6.88. The van der Waals surface area contributed by atoms with Crippen LogP contribution in [-0.2, 0) is 14.2 Å². The summed E-state index contributed by atoms with van der Waals surface area (Å²) in [6.07, 6.45) is 9.99. The normalized spacial score (nSPS) is 23.2. The highest BCUT2D eigenvalue weighted by molar-refractivity contribution is 14.0. The lowest BCUT2D eigenvalue weighted by Crippen LogP contribution is -2.51. The maximum absolute atomic E-state index is 5.87. The van der Waals surface area contributed by atoms with Gasteiger partial charge in [-0.25, -0.2) is 0 Å². The molecule has 0 aromatic rings. The summed E-state index contributed by atoms with van der Waals surface area (Å²) in [5.41, 5.74) is 0.361. The van der Waals surface area contributed by atoms with E-state index in [9.17, 15) is 0 Å². The molecule has 0 unspecified atom stereocenters. The second-order valence-electron chi connectivity index (χ2n) is 9.29. The van der Waals surface area contributed by atoms with Crippen molar-refractivity contribution in [2.24, 2.45) is 16.3 Å². The Balaban J connectivity index is 0.00000341. The highest BCUT2D eigenvalue weighted by Crippen LogP contribution is 2.36. The summed E-state index contributed by atoms with van der Waals surface area (Å²) in [5, 5.41) is 7.11. The summed E-state index contributed by atoms with van der Waals surface area (Å²) in [7, 11) is 1.87. The molecule has 3 fully saturated rings. The van der Waals surface area contributed by atoms with Crippen LogP contribution >= 0.6 is 24.0 Å². The van der Waals surface area contributed by atoms with Crippen LogP contribution in [0.2, 0.25) is 0 Å². The average molecular weight is 553 g/mol. The van der Waals surface area contributed by atoms with E-state index in [4.69, 9.17) is 14.2 Å². The van der Waals surface area contributed by atoms with Crippen molar-refractivity contribution >= 4 is 29.9 Å². The molecule has 2 aliphatic heterocycles. The van der Waals surface area contributed by atoms with E-state index in [1.165, 1.54) is 38.6 Å². The molecule has 0 atom stereocenters. The summed E-state index contributed by atoms with van der Waals surface area (Å²) in [4.78, 5) is 7.05. The van der Waals surface area contributed by atoms with Gasteiger partial charge in [0.1, 0.15) is 0 Å². The van der Waals surface area contributed by atoms with Gasteiger partial charge in [0.15, 0.2) is 5.96 Å². The van der Waals surface area contributed by atoms with Crippen LogP contribution in [0.25, 0.3) is 0 Å². The van der Waals surface area contributed by atoms with Crippen molar-refractivity contribution < 1.29 is 14.2 Å². The van der Waals surface area contributed by atoms with Crippen molar-refractivity contribution in [3.63, 3.8) is 0 Å². The van der Waals surface area contributed by atoms with Crippen LogP contribution in [0.3, 0.4) is 0 Å². The number of morpholine rings is 1. The van der Waals surface area contributed by atoms with Crippen molar-refractivity contribution in [1.82, 2.24) is 15.5 Å². The van der Waals surface area contributed by atoms with Gasteiger partial charge in [0.2, 0.25) is 0 Å². The largest absolute Gasteiger partial charge is 0.381 e. The van der Waals surface area contributed by atoms with Crippen molar-refractivity contribution in [3.8, 4) is 0 Å². The van der Waals surface area contributed by atoms with Gasteiger partial charge >= 0.3 is 0 Å². The molecule has 8 heteroatoms. The summed E-state index contributed by atoms with van der Waals surface area (Å²) in [5.74, 6) is 1.60. The minimum atomic E-state index is 0. The average Bonchev–Trinajstić information content (AvgIpc) is 2.80. The van der Waals surface area contributed by atoms with Crippen LogP contribution in [0.1, 0.15) is 51.4 Å². The first-order valence-electron chi connectivity index (χ1n) is 12.2. The number of ether oxygens (including phenoxy) is 3. The Morgan fingerprint density at radius 2 is 1.74 bits per heavy atom. The Bertz CT molecular complexity index is 491. The van der Waals surface area contributed by atoms with E-state index in [1.54, 1.807) is 0 Å². The van der Waals surface area contributed by atoms with E-state index in [2.05, 4.69) is 20.5 Å². The molecule has 0 aromatic heterocycles. The molecular formula is C23H45IN4O3. The molecule has 2 heterocycles. The van der Waals surface area contributed by atoms with E-state index < -0.39 is 0 Å². The molecule has 1 saturated carbocycles. The quantitative estimate of drug-likeness (QED) is 0.188. The summed E-state index contributed by atoms with van der Waals surface area (Å²) in [6.45, 7) is 10.4. The molecule has 0 radical (unpaired) electrons. The van der Waals surface area contributed by atoms with E-state index >= 15 is 0 Å². The topological polar surface area (TPSA) is 67.4 Å². The zero-order chi connectivity index (χ0) is 20.9. The summed E-state index contributed by atoms with van der Waals surface area (Å²) in [6, 6.07) is 0. The third-order valence-corrected chi connectivity index (χ3v) is 6.88. The number of hydrogen-bond donors (Lipinski definition) is 2. The molecule has 2 N–H and O–H groups in total. The van der Waals surface area contributed by atoms with Gasteiger partial charge in [0, 0.05) is 71.6 Å². The molecule has 0 spiro atoms. The maximum atomic E-state index is 5.87. The lowest BCUT2D eigenvalue weighted by molar-refractivity contribution is 0.00820. The minimum Gasteiger partial charge on any atom is -0.381 e. The molecule has 7 nitrogen and oxygen atoms in total. The number of nitrogens with one attached hydrogen (secondary N) is 2. The smallest absolute Gasteiger partial charge is 0.190 e. The molecule has 0 aromatic carbocycles. The Hall–Kier alpha value is -0.160. The molecule has 3 rings (SSSR count). The first kappa shape index (κ1) is 27.1. The maximum Gasteiger partial charge on any atom is 0.190 e. The first-order valence-corrected chi connectivity index (χ1v) is 12.2. The first-order chi connectivity index (χ1) is 14.8. The molecular weight excluding hydrogens is 507 g/mol. The van der Waals surface area contributed by atoms with Gasteiger partial charge in [-0.15, -0.1) is 24.0 Å². The van der Waals surface area contributed by atoms with Crippen molar-refractivity contribution in [2.75, 3.05) is 79.4 Å². The zero-order valence-electron chi connectivity index (χ0n) is 19.5. The summed E-state index contributed by atoms with van der Waals surface area (Å²) < 4.78 is 16.8. The molecule has 1 aliphatic carbocycles. The second kappa shape index (κ2) is 15.6. The SMILES string of the molecule is CN=C(NCCCOCC1CCOCC1)NCC1(CN2CCOCC2)CCCCC1.I. The number of aliphatic imine (C=N–C) groups is 1. The van der Waals surface area contributed by atoms with E-state index in [-0.39, 0.29) is 24.0 Å². The lowest BCUT2D eigenvalue weighted by Gasteiger charge is -2.42. The van der Waals surface area contributed by atoms with E-state index in [0.29, 0.717) is 11.3 Å². The Kier molecular flexibility index (Phi) is 13.7. The zero-order valence-corrected chi connectivity index (χ0v) is 21.9. The van der Waals surface area contributed by atoms with Gasteiger partial charge in [0.25, 0.3) is 0 Å². The van der Waals surface area contributed by atoms with Crippen LogP contribution in [0, 0.1) is 11.3 Å². The van der Waals surface area contributed by atoms with Crippen molar-refractivity contribution in [2.45, 2.75) is 51.4 Å². The third kappa shape index (κ3) is 10.1. The van der Waals surface area contributed by atoms with E-state index in [0.717, 1.165) is 91.0 Å². The molecule has 31 heavy (non-hydrogen) atoms. The number of rotatable bonds is 10. The minimum absolute atomic E-state index is 0. The monoisotopic (exact) mass is 552 g/mol. The molecule has 182 valence electrons. The number of hydrogen-bond acceptors (Lipinski definition) is 5. The highest BCUT2D eigenvalue weighted by atomic mass is 127. The highest BCUT2D eigenvalue weighted by Gasteiger charge is 2.34. The van der Waals surface area contributed by atoms with Gasteiger partial charge in [-0.2, -0.15) is 0 Å². The molecule has 3 aliphatic rings. The number of halogens is 1. The van der Waals surface area contributed by atoms with Crippen LogP contribution in [0.4, 0.5) is 0 Å². The van der Waals surface area contributed by atoms with Crippen LogP contribution in [-0.4, -0.2) is 90.3 Å².